The maximum absolute atomic E-state index is 11.8. The fourth-order valence-electron chi connectivity index (χ4n) is 2.59. The zero-order chi connectivity index (χ0) is 17.5. The van der Waals surface area contributed by atoms with Crippen LogP contribution in [0.2, 0.25) is 0 Å². The number of urea groups is 1. The first-order valence-corrected chi connectivity index (χ1v) is 9.80. The van der Waals surface area contributed by atoms with Gasteiger partial charge in [0.15, 0.2) is 0 Å². The average molecular weight is 360 g/mol. The van der Waals surface area contributed by atoms with E-state index in [0.717, 1.165) is 0 Å². The highest BCUT2D eigenvalue weighted by molar-refractivity contribution is 7.72. The summed E-state index contributed by atoms with van der Waals surface area (Å²) in [5, 5.41) is 6.38. The molecule has 1 saturated heterocycles. The fraction of sp³-hybridized carbons (Fsp3) is 0.900. The minimum atomic E-state index is -5.42. The highest BCUT2D eigenvalue weighted by Gasteiger charge is 2.58. The van der Waals surface area contributed by atoms with Gasteiger partial charge >= 0.3 is 21.2 Å². The maximum Gasteiger partial charge on any atom is 0.369 e. The summed E-state index contributed by atoms with van der Waals surface area (Å²) in [4.78, 5) is 50.9. The molecule has 0 aromatic heterocycles. The molecule has 1 heterocycles. The molecule has 1 fully saturated rings. The van der Waals surface area contributed by atoms with Crippen LogP contribution in [0.5, 0.6) is 0 Å². The van der Waals surface area contributed by atoms with Crippen molar-refractivity contribution in [2.75, 3.05) is 14.1 Å². The van der Waals surface area contributed by atoms with Crippen molar-refractivity contribution >= 4 is 21.2 Å². The van der Waals surface area contributed by atoms with Crippen molar-refractivity contribution in [1.29, 1.82) is 0 Å². The lowest BCUT2D eigenvalue weighted by Crippen LogP contribution is -2.34. The molecule has 12 heteroatoms. The van der Waals surface area contributed by atoms with Gasteiger partial charge in [0, 0.05) is 14.1 Å². The summed E-state index contributed by atoms with van der Waals surface area (Å²) < 4.78 is 22.5. The van der Waals surface area contributed by atoms with E-state index in [2.05, 4.69) is 0 Å². The van der Waals surface area contributed by atoms with Crippen LogP contribution in [0.25, 0.3) is 0 Å². The molecule has 0 aromatic rings. The lowest BCUT2D eigenvalue weighted by Gasteiger charge is -2.30. The molecule has 0 bridgehead atoms. The monoisotopic (exact) mass is 360 g/mol. The van der Waals surface area contributed by atoms with Crippen LogP contribution < -0.4 is 0 Å². The first-order valence-electron chi connectivity index (χ1n) is 6.57. The van der Waals surface area contributed by atoms with E-state index in [4.69, 9.17) is 19.6 Å². The van der Waals surface area contributed by atoms with Crippen LogP contribution in [0.3, 0.4) is 0 Å². The quantitative estimate of drug-likeness (QED) is 0.411. The standard InChI is InChI=1S/C10H22N2O8P2/c1-7-8(12(3)9(13)11(7)2)5-4-6-10(14,21(15,16)17)22(18,19)20/h7-8,14H,4-6H2,1-3H3,(H2,15,16,17)(H2,18,19,20). The number of rotatable bonds is 6. The van der Waals surface area contributed by atoms with Gasteiger partial charge in [0.05, 0.1) is 12.1 Å². The third-order valence-electron chi connectivity index (χ3n) is 4.21. The number of carbonyl (C=O) groups is 1. The summed E-state index contributed by atoms with van der Waals surface area (Å²) in [7, 11) is -7.66. The Morgan fingerprint density at radius 3 is 1.86 bits per heavy atom. The molecule has 2 unspecified atom stereocenters. The highest BCUT2D eigenvalue weighted by atomic mass is 31.2. The lowest BCUT2D eigenvalue weighted by molar-refractivity contribution is 0.118. The normalized spacial score (nSPS) is 24.3. The zero-order valence-electron chi connectivity index (χ0n) is 12.5. The van der Waals surface area contributed by atoms with Crippen molar-refractivity contribution in [1.82, 2.24) is 9.80 Å². The second-order valence-electron chi connectivity index (χ2n) is 5.57. The van der Waals surface area contributed by atoms with Gasteiger partial charge in [-0.3, -0.25) is 9.13 Å². The van der Waals surface area contributed by atoms with E-state index in [1.807, 2.05) is 0 Å². The summed E-state index contributed by atoms with van der Waals surface area (Å²) >= 11 is 0. The number of hydrogen-bond acceptors (Lipinski definition) is 4. The summed E-state index contributed by atoms with van der Waals surface area (Å²) in [5.41, 5.74) is 0. The summed E-state index contributed by atoms with van der Waals surface area (Å²) in [6.07, 6.45) is -0.584. The number of aliphatic hydroxyl groups is 1. The van der Waals surface area contributed by atoms with Crippen LogP contribution >= 0.6 is 15.2 Å². The molecule has 0 aromatic carbocycles. The molecule has 22 heavy (non-hydrogen) atoms. The minimum absolute atomic E-state index is 0.0623. The third kappa shape index (κ3) is 3.38. The van der Waals surface area contributed by atoms with E-state index < -0.39 is 26.7 Å². The molecule has 10 nitrogen and oxygen atoms in total. The van der Waals surface area contributed by atoms with Crippen LogP contribution in [0.4, 0.5) is 4.79 Å². The van der Waals surface area contributed by atoms with E-state index >= 15 is 0 Å². The van der Waals surface area contributed by atoms with Crippen molar-refractivity contribution < 1.29 is 38.6 Å². The Morgan fingerprint density at radius 1 is 1.09 bits per heavy atom. The molecule has 1 aliphatic heterocycles. The van der Waals surface area contributed by atoms with E-state index in [1.165, 1.54) is 9.80 Å². The van der Waals surface area contributed by atoms with Gasteiger partial charge in [-0.15, -0.1) is 0 Å². The topological polar surface area (TPSA) is 159 Å². The van der Waals surface area contributed by atoms with Crippen molar-refractivity contribution in [3.63, 3.8) is 0 Å². The first kappa shape index (κ1) is 19.6. The molecule has 0 spiro atoms. The van der Waals surface area contributed by atoms with Gasteiger partial charge in [-0.1, -0.05) is 0 Å². The molecule has 0 aliphatic carbocycles. The average Bonchev–Trinajstić information content (AvgIpc) is 2.53. The molecule has 2 amide bonds. The predicted molar refractivity (Wildman–Crippen MR) is 77.1 cm³/mol. The number of carbonyl (C=O) groups excluding carboxylic acids is 1. The zero-order valence-corrected chi connectivity index (χ0v) is 14.3. The van der Waals surface area contributed by atoms with Gasteiger partial charge in [-0.2, -0.15) is 0 Å². The SMILES string of the molecule is CC1C(CCCC(O)(P(=O)(O)O)P(=O)(O)O)N(C)C(=O)N1C. The van der Waals surface area contributed by atoms with Crippen LogP contribution in [0.15, 0.2) is 0 Å². The van der Waals surface area contributed by atoms with E-state index in [0.29, 0.717) is 0 Å². The Morgan fingerprint density at radius 2 is 1.55 bits per heavy atom. The van der Waals surface area contributed by atoms with Crippen molar-refractivity contribution in [3.05, 3.63) is 0 Å². The van der Waals surface area contributed by atoms with Gasteiger partial charge in [-0.25, -0.2) is 4.79 Å². The van der Waals surface area contributed by atoms with Gasteiger partial charge in [0.25, 0.3) is 5.08 Å². The number of likely N-dealkylation sites (N-methyl/N-ethyl adjacent to an activating group) is 2. The van der Waals surface area contributed by atoms with Crippen molar-refractivity contribution in [2.24, 2.45) is 0 Å². The molecule has 5 N–H and O–H groups in total. The molecule has 0 radical (unpaired) electrons. The van der Waals surface area contributed by atoms with E-state index in [1.54, 1.807) is 21.0 Å². The molecule has 2 atom stereocenters. The minimum Gasteiger partial charge on any atom is -0.368 e. The molecule has 1 aliphatic rings. The second kappa shape index (κ2) is 6.20. The van der Waals surface area contributed by atoms with E-state index in [-0.39, 0.29) is 31.0 Å². The van der Waals surface area contributed by atoms with Crippen LogP contribution in [-0.4, -0.2) is 71.8 Å². The van der Waals surface area contributed by atoms with Crippen LogP contribution in [0.1, 0.15) is 26.2 Å². The largest absolute Gasteiger partial charge is 0.369 e. The lowest BCUT2D eigenvalue weighted by atomic mass is 10.0. The Hall–Kier alpha value is -0.470. The Kier molecular flexibility index (Phi) is 5.52. The Balaban J connectivity index is 2.79. The van der Waals surface area contributed by atoms with Crippen LogP contribution in [-0.2, 0) is 9.13 Å². The molecular weight excluding hydrogens is 338 g/mol. The van der Waals surface area contributed by atoms with Crippen LogP contribution in [0, 0.1) is 0 Å². The molecule has 0 saturated carbocycles. The summed E-state index contributed by atoms with van der Waals surface area (Å²) in [6, 6.07) is -0.635. The molecular formula is C10H22N2O8P2. The van der Waals surface area contributed by atoms with Gasteiger partial charge in [0.1, 0.15) is 0 Å². The van der Waals surface area contributed by atoms with Gasteiger partial charge in [-0.05, 0) is 26.2 Å². The van der Waals surface area contributed by atoms with Gasteiger partial charge in [0.2, 0.25) is 0 Å². The summed E-state index contributed by atoms with van der Waals surface area (Å²) in [5.74, 6) is 0. The first-order chi connectivity index (χ1) is 9.74. The number of amides is 2. The van der Waals surface area contributed by atoms with Crippen molar-refractivity contribution in [3.8, 4) is 0 Å². The second-order valence-corrected chi connectivity index (χ2v) is 9.58. The maximum atomic E-state index is 11.8. The summed E-state index contributed by atoms with van der Waals surface area (Å²) in [6.45, 7) is 1.80. The van der Waals surface area contributed by atoms with Crippen molar-refractivity contribution in [2.45, 2.75) is 43.4 Å². The fourth-order valence-corrected chi connectivity index (χ4v) is 4.85. The van der Waals surface area contributed by atoms with Gasteiger partial charge < -0.3 is 34.5 Å². The Bertz CT molecular complexity index is 507. The molecule has 130 valence electrons. The Labute approximate surface area is 128 Å². The number of hydrogen-bond donors (Lipinski definition) is 5. The smallest absolute Gasteiger partial charge is 0.368 e. The third-order valence-corrected chi connectivity index (χ3v) is 8.09. The molecule has 1 rings (SSSR count). The predicted octanol–water partition coefficient (Wildman–Crippen LogP) is -0.0875. The number of nitrogens with zero attached hydrogens (tertiary/aromatic N) is 2. The van der Waals surface area contributed by atoms with E-state index in [9.17, 15) is 19.0 Å². The highest BCUT2D eigenvalue weighted by Crippen LogP contribution is 2.69.